The third-order valence-electron chi connectivity index (χ3n) is 2.42. The lowest BCUT2D eigenvalue weighted by molar-refractivity contribution is 0.620. The maximum Gasteiger partial charge on any atom is 0.147 e. The Balaban J connectivity index is 2.14. The fraction of sp³-hybridized carbons (Fsp3) is 0.0769. The minimum absolute atomic E-state index is 0.250. The van der Waals surface area contributed by atoms with Crippen molar-refractivity contribution in [2.24, 2.45) is 0 Å². The third kappa shape index (κ3) is 3.00. The van der Waals surface area contributed by atoms with Gasteiger partial charge in [0.25, 0.3) is 0 Å². The van der Waals surface area contributed by atoms with Gasteiger partial charge in [0.15, 0.2) is 0 Å². The Labute approximate surface area is 117 Å². The topological polar surface area (TPSA) is 12.0 Å². The van der Waals surface area contributed by atoms with E-state index >= 15 is 0 Å². The normalized spacial score (nSPS) is 10.4. The summed E-state index contributed by atoms with van der Waals surface area (Å²) in [4.78, 5) is 0. The van der Waals surface area contributed by atoms with Crippen LogP contribution in [0.3, 0.4) is 0 Å². The van der Waals surface area contributed by atoms with Crippen molar-refractivity contribution in [3.8, 4) is 0 Å². The van der Waals surface area contributed by atoms with Crippen LogP contribution in [0.15, 0.2) is 40.9 Å². The van der Waals surface area contributed by atoms with Crippen molar-refractivity contribution >= 4 is 33.2 Å². The molecule has 0 amide bonds. The van der Waals surface area contributed by atoms with E-state index in [0.717, 1.165) is 5.56 Å². The average molecular weight is 333 g/mol. The molecule has 0 atom stereocenters. The monoisotopic (exact) mass is 331 g/mol. The minimum atomic E-state index is -0.413. The van der Waals surface area contributed by atoms with Crippen LogP contribution < -0.4 is 5.32 Å². The van der Waals surface area contributed by atoms with Crippen molar-refractivity contribution in [1.82, 2.24) is 0 Å². The van der Waals surface area contributed by atoms with Crippen LogP contribution in [0.1, 0.15) is 5.56 Å². The van der Waals surface area contributed by atoms with Crippen molar-refractivity contribution in [1.29, 1.82) is 0 Å². The summed E-state index contributed by atoms with van der Waals surface area (Å²) in [7, 11) is 0. The molecule has 2 aromatic carbocycles. The van der Waals surface area contributed by atoms with Gasteiger partial charge in [0.1, 0.15) is 11.6 Å². The lowest BCUT2D eigenvalue weighted by Gasteiger charge is -2.09. The predicted octanol–water partition coefficient (Wildman–Crippen LogP) is 4.99. The van der Waals surface area contributed by atoms with Crippen LogP contribution in [0.25, 0.3) is 0 Å². The van der Waals surface area contributed by atoms with E-state index in [2.05, 4.69) is 21.2 Å². The van der Waals surface area contributed by atoms with Crippen LogP contribution in [-0.2, 0) is 6.54 Å². The lowest BCUT2D eigenvalue weighted by Crippen LogP contribution is -2.02. The summed E-state index contributed by atoms with van der Waals surface area (Å²) < 4.78 is 26.9. The standard InChI is InChI=1S/C13H9BrClF2N/c14-9-6-8(4-5-11(9)16)7-18-13-10(15)2-1-3-12(13)17/h1-6,18H,7H2. The molecule has 0 spiro atoms. The van der Waals surface area contributed by atoms with E-state index < -0.39 is 5.82 Å². The van der Waals surface area contributed by atoms with Gasteiger partial charge in [-0.05, 0) is 45.8 Å². The molecule has 0 saturated heterocycles. The molecule has 0 radical (unpaired) electrons. The Morgan fingerprint density at radius 2 is 1.89 bits per heavy atom. The number of hydrogen-bond acceptors (Lipinski definition) is 1. The first-order valence-corrected chi connectivity index (χ1v) is 6.37. The van der Waals surface area contributed by atoms with E-state index in [4.69, 9.17) is 11.6 Å². The summed E-state index contributed by atoms with van der Waals surface area (Å²) in [6.07, 6.45) is 0. The highest BCUT2D eigenvalue weighted by molar-refractivity contribution is 9.10. The molecule has 94 valence electrons. The van der Waals surface area contributed by atoms with E-state index in [0.29, 0.717) is 16.0 Å². The zero-order valence-corrected chi connectivity index (χ0v) is 11.5. The van der Waals surface area contributed by atoms with Crippen LogP contribution in [0.5, 0.6) is 0 Å². The number of hydrogen-bond donors (Lipinski definition) is 1. The lowest BCUT2D eigenvalue weighted by atomic mass is 10.2. The van der Waals surface area contributed by atoms with Gasteiger partial charge in [0.05, 0.1) is 15.2 Å². The number of para-hydroxylation sites is 1. The van der Waals surface area contributed by atoms with Gasteiger partial charge in [0, 0.05) is 6.54 Å². The molecule has 0 bridgehead atoms. The van der Waals surface area contributed by atoms with Crippen molar-refractivity contribution in [3.05, 3.63) is 63.1 Å². The first-order valence-electron chi connectivity index (χ1n) is 5.20. The van der Waals surface area contributed by atoms with Gasteiger partial charge in [-0.1, -0.05) is 23.7 Å². The molecule has 0 saturated carbocycles. The molecule has 1 N–H and O–H groups in total. The SMILES string of the molecule is Fc1ccc(CNc2c(F)cccc2Cl)cc1Br. The highest BCUT2D eigenvalue weighted by atomic mass is 79.9. The highest BCUT2D eigenvalue weighted by Crippen LogP contribution is 2.25. The summed E-state index contributed by atoms with van der Waals surface area (Å²) in [5.74, 6) is -0.744. The average Bonchev–Trinajstić information content (AvgIpc) is 2.33. The van der Waals surface area contributed by atoms with Crippen molar-refractivity contribution in [3.63, 3.8) is 0 Å². The Morgan fingerprint density at radius 1 is 1.11 bits per heavy atom. The third-order valence-corrected chi connectivity index (χ3v) is 3.34. The zero-order valence-electron chi connectivity index (χ0n) is 9.18. The summed E-state index contributed by atoms with van der Waals surface area (Å²) in [6.45, 7) is 0.361. The van der Waals surface area contributed by atoms with Crippen molar-refractivity contribution in [2.45, 2.75) is 6.54 Å². The molecule has 5 heteroatoms. The second-order valence-electron chi connectivity index (χ2n) is 3.70. The van der Waals surface area contributed by atoms with Gasteiger partial charge in [-0.3, -0.25) is 0 Å². The molecular weight excluding hydrogens is 324 g/mol. The van der Waals surface area contributed by atoms with Gasteiger partial charge in [-0.2, -0.15) is 0 Å². The Bertz CT molecular complexity index is 555. The number of rotatable bonds is 3. The Hall–Kier alpha value is -1.13. The van der Waals surface area contributed by atoms with Crippen LogP contribution >= 0.6 is 27.5 Å². The predicted molar refractivity (Wildman–Crippen MR) is 72.8 cm³/mol. The molecule has 2 aromatic rings. The van der Waals surface area contributed by atoms with Crippen molar-refractivity contribution in [2.75, 3.05) is 5.32 Å². The number of anilines is 1. The molecule has 2 rings (SSSR count). The number of nitrogens with one attached hydrogen (secondary N) is 1. The smallest absolute Gasteiger partial charge is 0.147 e. The van der Waals surface area contributed by atoms with E-state index in [1.807, 2.05) is 0 Å². The van der Waals surface area contributed by atoms with Gasteiger partial charge >= 0.3 is 0 Å². The second kappa shape index (κ2) is 5.67. The maximum atomic E-state index is 13.5. The maximum absolute atomic E-state index is 13.5. The van der Waals surface area contributed by atoms with Gasteiger partial charge in [0.2, 0.25) is 0 Å². The highest BCUT2D eigenvalue weighted by Gasteiger charge is 2.06. The molecule has 0 unspecified atom stereocenters. The zero-order chi connectivity index (χ0) is 13.1. The van der Waals surface area contributed by atoms with E-state index in [9.17, 15) is 8.78 Å². The number of halogens is 4. The summed E-state index contributed by atoms with van der Waals surface area (Å²) in [5, 5.41) is 3.21. The fourth-order valence-electron chi connectivity index (χ4n) is 1.51. The van der Waals surface area contributed by atoms with Crippen LogP contribution in [0, 0.1) is 11.6 Å². The summed E-state index contributed by atoms with van der Waals surface area (Å²) in [6, 6.07) is 9.09. The largest absolute Gasteiger partial charge is 0.377 e. The summed E-state index contributed by atoms with van der Waals surface area (Å²) in [5.41, 5.74) is 1.07. The molecule has 18 heavy (non-hydrogen) atoms. The first kappa shape index (κ1) is 13.3. The molecule has 0 aliphatic heterocycles. The Morgan fingerprint density at radius 3 is 2.56 bits per heavy atom. The van der Waals surface area contributed by atoms with Crippen LogP contribution in [-0.4, -0.2) is 0 Å². The van der Waals surface area contributed by atoms with E-state index in [-0.39, 0.29) is 11.5 Å². The molecule has 0 heterocycles. The minimum Gasteiger partial charge on any atom is -0.377 e. The Kier molecular flexibility index (Phi) is 4.19. The first-order chi connectivity index (χ1) is 8.58. The van der Waals surface area contributed by atoms with Gasteiger partial charge in [-0.15, -0.1) is 0 Å². The molecular formula is C13H9BrClF2N. The molecule has 1 nitrogen and oxygen atoms in total. The van der Waals surface area contributed by atoms with E-state index in [1.165, 1.54) is 18.2 Å². The second-order valence-corrected chi connectivity index (χ2v) is 4.96. The number of benzene rings is 2. The molecule has 0 aliphatic carbocycles. The van der Waals surface area contributed by atoms with Crippen LogP contribution in [0.2, 0.25) is 5.02 Å². The van der Waals surface area contributed by atoms with Gasteiger partial charge < -0.3 is 5.32 Å². The quantitative estimate of drug-likeness (QED) is 0.834. The van der Waals surface area contributed by atoms with E-state index in [1.54, 1.807) is 18.2 Å². The van der Waals surface area contributed by atoms with Gasteiger partial charge in [-0.25, -0.2) is 8.78 Å². The van der Waals surface area contributed by atoms with Crippen LogP contribution in [0.4, 0.5) is 14.5 Å². The molecule has 0 aromatic heterocycles. The summed E-state index contributed by atoms with van der Waals surface area (Å²) >= 11 is 8.98. The van der Waals surface area contributed by atoms with Crippen molar-refractivity contribution < 1.29 is 8.78 Å². The molecule has 0 aliphatic rings. The fourth-order valence-corrected chi connectivity index (χ4v) is 2.16. The molecule has 0 fully saturated rings.